The number of nitrogens with two attached hydrogens (primary N) is 2. The molecule has 2 aromatic rings. The van der Waals surface area contributed by atoms with Crippen LogP contribution in [0.25, 0.3) is 0 Å². The van der Waals surface area contributed by atoms with Crippen molar-refractivity contribution in [1.29, 1.82) is 0 Å². The fourth-order valence-electron chi connectivity index (χ4n) is 2.95. The second-order valence-corrected chi connectivity index (χ2v) is 8.15. The van der Waals surface area contributed by atoms with Gasteiger partial charge >= 0.3 is 10.2 Å². The highest BCUT2D eigenvalue weighted by Crippen LogP contribution is 2.16. The van der Waals surface area contributed by atoms with Crippen LogP contribution in [0.1, 0.15) is 19.4 Å². The Hall–Kier alpha value is -3.87. The van der Waals surface area contributed by atoms with Crippen LogP contribution in [0.3, 0.4) is 0 Å². The quantitative estimate of drug-likeness (QED) is 0.169. The van der Waals surface area contributed by atoms with Crippen molar-refractivity contribution in [3.8, 4) is 0 Å². The van der Waals surface area contributed by atoms with E-state index in [0.29, 0.717) is 12.0 Å². The number of hydrogen-bond acceptors (Lipinski definition) is 6. The van der Waals surface area contributed by atoms with E-state index >= 15 is 0 Å². The molecule has 0 aliphatic heterocycles. The highest BCUT2D eigenvalue weighted by atomic mass is 32.2. The lowest BCUT2D eigenvalue weighted by atomic mass is 10.1. The molecular weight excluding hydrogens is 438 g/mol. The summed E-state index contributed by atoms with van der Waals surface area (Å²) in [6.07, 6.45) is 1.98. The van der Waals surface area contributed by atoms with Crippen LogP contribution >= 0.6 is 0 Å². The van der Waals surface area contributed by atoms with Crippen LogP contribution in [0.15, 0.2) is 58.4 Å². The van der Waals surface area contributed by atoms with Crippen molar-refractivity contribution in [3.63, 3.8) is 0 Å². The van der Waals surface area contributed by atoms with E-state index in [9.17, 15) is 22.8 Å². The zero-order chi connectivity index (χ0) is 23.7. The molecule has 7 N–H and O–H groups in total. The fraction of sp³-hybridized carbons (Fsp3) is 0.263. The van der Waals surface area contributed by atoms with Crippen LogP contribution in [-0.2, 0) is 19.8 Å². The lowest BCUT2D eigenvalue weighted by Crippen LogP contribution is -2.45. The molecular formula is C19H25N7O5S. The molecule has 0 aliphatic rings. The Balaban J connectivity index is 2.37. The number of aromatic nitrogens is 1. The summed E-state index contributed by atoms with van der Waals surface area (Å²) in [5, 5.41) is 2.47. The number of para-hydroxylation sites is 1. The number of rotatable bonds is 11. The van der Waals surface area contributed by atoms with Crippen molar-refractivity contribution in [2.24, 2.45) is 16.5 Å². The van der Waals surface area contributed by atoms with E-state index in [4.69, 9.17) is 11.5 Å². The molecule has 32 heavy (non-hydrogen) atoms. The summed E-state index contributed by atoms with van der Waals surface area (Å²) in [4.78, 5) is 40.1. The summed E-state index contributed by atoms with van der Waals surface area (Å²) in [6, 6.07) is 8.88. The number of aliphatic imine (C=N–C) groups is 1. The van der Waals surface area contributed by atoms with Gasteiger partial charge in [-0.1, -0.05) is 18.2 Å². The van der Waals surface area contributed by atoms with Crippen LogP contribution in [0.4, 0.5) is 11.4 Å². The van der Waals surface area contributed by atoms with Crippen molar-refractivity contribution in [3.05, 3.63) is 59.0 Å². The van der Waals surface area contributed by atoms with Gasteiger partial charge in [-0.3, -0.25) is 24.0 Å². The molecule has 13 heteroatoms. The Morgan fingerprint density at radius 1 is 1.16 bits per heavy atom. The number of pyridine rings is 1. The smallest absolute Gasteiger partial charge is 0.321 e. The van der Waals surface area contributed by atoms with Crippen LogP contribution in [0.5, 0.6) is 0 Å². The maximum Gasteiger partial charge on any atom is 0.321 e. The molecule has 0 saturated carbocycles. The Kier molecular flexibility index (Phi) is 8.35. The number of amides is 1. The molecule has 1 aromatic heterocycles. The first-order chi connectivity index (χ1) is 15.1. The van der Waals surface area contributed by atoms with Gasteiger partial charge in [-0.25, -0.2) is 0 Å². The largest absolute Gasteiger partial charge is 0.370 e. The summed E-state index contributed by atoms with van der Waals surface area (Å²) in [7, 11) is -4.13. The van der Waals surface area contributed by atoms with Crippen molar-refractivity contribution >= 4 is 39.7 Å². The molecule has 12 nitrogen and oxygen atoms in total. The molecule has 172 valence electrons. The Morgan fingerprint density at radius 2 is 1.84 bits per heavy atom. The molecule has 0 aliphatic carbocycles. The van der Waals surface area contributed by atoms with E-state index in [-0.39, 0.29) is 24.6 Å². The monoisotopic (exact) mass is 463 g/mol. The van der Waals surface area contributed by atoms with Crippen molar-refractivity contribution in [2.75, 3.05) is 16.0 Å². The lowest BCUT2D eigenvalue weighted by molar-refractivity contribution is -0.123. The van der Waals surface area contributed by atoms with Gasteiger partial charge in [-0.2, -0.15) is 8.42 Å². The second-order valence-electron chi connectivity index (χ2n) is 6.73. The van der Waals surface area contributed by atoms with E-state index in [2.05, 4.69) is 19.8 Å². The third kappa shape index (κ3) is 7.12. The predicted molar refractivity (Wildman–Crippen MR) is 121 cm³/mol. The minimum absolute atomic E-state index is 0.0644. The number of carbonyl (C=O) groups excluding carboxylic acids is 2. The molecule has 0 spiro atoms. The van der Waals surface area contributed by atoms with Crippen LogP contribution < -0.4 is 31.8 Å². The number of benzene rings is 1. The molecule has 0 radical (unpaired) electrons. The topological polar surface area (TPSA) is 191 Å². The van der Waals surface area contributed by atoms with Gasteiger partial charge in [0.25, 0.3) is 5.56 Å². The van der Waals surface area contributed by atoms with Crippen LogP contribution in [0.2, 0.25) is 0 Å². The SMILES string of the molecule is CC(=O)N[C@H](C=O)C(CCN=C(N)N)n1cccc(NS(=O)(=O)Nc2ccccc2)c1=O. The Labute approximate surface area is 184 Å². The normalized spacial score (nSPS) is 12.8. The maximum absolute atomic E-state index is 13.0. The molecule has 0 saturated heterocycles. The zero-order valence-electron chi connectivity index (χ0n) is 17.3. The second kappa shape index (κ2) is 10.9. The lowest BCUT2D eigenvalue weighted by Gasteiger charge is -2.25. The summed E-state index contributed by atoms with van der Waals surface area (Å²) < 4.78 is 30.6. The summed E-state index contributed by atoms with van der Waals surface area (Å²) in [5.74, 6) is -0.655. The predicted octanol–water partition coefficient (Wildman–Crippen LogP) is -0.475. The van der Waals surface area contributed by atoms with Gasteiger partial charge in [0.2, 0.25) is 5.91 Å². The minimum atomic E-state index is -4.13. The molecule has 0 bridgehead atoms. The van der Waals surface area contributed by atoms with Gasteiger partial charge in [-0.15, -0.1) is 0 Å². The van der Waals surface area contributed by atoms with Crippen molar-refractivity contribution < 1.29 is 18.0 Å². The number of aldehydes is 1. The highest BCUT2D eigenvalue weighted by molar-refractivity contribution is 7.94. The third-order valence-corrected chi connectivity index (χ3v) is 5.25. The van der Waals surface area contributed by atoms with E-state index in [0.717, 1.165) is 4.57 Å². The molecule has 0 fully saturated rings. The molecule has 1 unspecified atom stereocenters. The Bertz CT molecular complexity index is 1130. The van der Waals surface area contributed by atoms with E-state index in [1.165, 1.54) is 25.3 Å². The average molecular weight is 464 g/mol. The van der Waals surface area contributed by atoms with E-state index in [1.807, 2.05) is 0 Å². The number of hydrogen-bond donors (Lipinski definition) is 5. The van der Waals surface area contributed by atoms with Gasteiger partial charge < -0.3 is 26.1 Å². The number of guanidine groups is 1. The first kappa shape index (κ1) is 24.4. The van der Waals surface area contributed by atoms with Gasteiger partial charge in [0.05, 0.1) is 11.7 Å². The molecule has 1 heterocycles. The first-order valence-corrected chi connectivity index (χ1v) is 11.0. The van der Waals surface area contributed by atoms with Crippen LogP contribution in [0, 0.1) is 0 Å². The van der Waals surface area contributed by atoms with Gasteiger partial charge in [0, 0.05) is 19.7 Å². The van der Waals surface area contributed by atoms with Crippen LogP contribution in [-0.4, -0.2) is 43.7 Å². The molecule has 2 rings (SSSR count). The number of carbonyl (C=O) groups is 2. The number of nitrogens with one attached hydrogen (secondary N) is 3. The zero-order valence-corrected chi connectivity index (χ0v) is 18.1. The van der Waals surface area contributed by atoms with E-state index in [1.54, 1.807) is 30.3 Å². The molecule has 1 aromatic carbocycles. The minimum Gasteiger partial charge on any atom is -0.370 e. The van der Waals surface area contributed by atoms with Crippen molar-refractivity contribution in [2.45, 2.75) is 25.4 Å². The summed E-state index contributed by atoms with van der Waals surface area (Å²) >= 11 is 0. The highest BCUT2D eigenvalue weighted by Gasteiger charge is 2.25. The summed E-state index contributed by atoms with van der Waals surface area (Å²) in [5.41, 5.74) is 9.98. The standard InChI is InChI=1S/C19H25N7O5S/c1-13(28)23-16(12-27)17(9-10-22-19(20)21)26-11-5-8-15(18(26)29)25-32(30,31)24-14-6-3-2-4-7-14/h2-8,11-12,16-17,24-25H,9-10H2,1H3,(H,23,28)(H4,20,21,22)/t16-,17?/m1/s1. The van der Waals surface area contributed by atoms with E-state index < -0.39 is 33.8 Å². The van der Waals surface area contributed by atoms with Gasteiger partial charge in [0.15, 0.2) is 5.96 Å². The Morgan fingerprint density at radius 3 is 2.44 bits per heavy atom. The van der Waals surface area contributed by atoms with Gasteiger partial charge in [-0.05, 0) is 30.7 Å². The molecule has 1 amide bonds. The maximum atomic E-state index is 13.0. The fourth-order valence-corrected chi connectivity index (χ4v) is 3.90. The van der Waals surface area contributed by atoms with Crippen molar-refractivity contribution in [1.82, 2.24) is 9.88 Å². The van der Waals surface area contributed by atoms with Gasteiger partial charge in [0.1, 0.15) is 18.0 Å². The average Bonchev–Trinajstić information content (AvgIpc) is 2.71. The number of nitrogens with zero attached hydrogens (tertiary/aromatic N) is 2. The molecule has 2 atom stereocenters. The number of anilines is 2. The first-order valence-electron chi connectivity index (χ1n) is 9.47. The third-order valence-electron chi connectivity index (χ3n) is 4.25. The summed E-state index contributed by atoms with van der Waals surface area (Å²) in [6.45, 7) is 1.29.